The third-order valence-electron chi connectivity index (χ3n) is 5.93. The van der Waals surface area contributed by atoms with Gasteiger partial charge in [0, 0.05) is 32.2 Å². The summed E-state index contributed by atoms with van der Waals surface area (Å²) in [6, 6.07) is 9.64. The minimum absolute atomic E-state index is 0.240. The molecule has 4 rings (SSSR count). The van der Waals surface area contributed by atoms with Crippen molar-refractivity contribution in [1.29, 1.82) is 0 Å². The van der Waals surface area contributed by atoms with Crippen LogP contribution in [0.5, 0.6) is 0 Å². The van der Waals surface area contributed by atoms with E-state index < -0.39 is 0 Å². The minimum atomic E-state index is 0.240. The molecular formula is C17H25N3. The fourth-order valence-corrected chi connectivity index (χ4v) is 4.82. The molecule has 108 valence electrons. The average molecular weight is 271 g/mol. The summed E-state index contributed by atoms with van der Waals surface area (Å²) in [5.41, 5.74) is 9.60. The molecule has 20 heavy (non-hydrogen) atoms. The highest BCUT2D eigenvalue weighted by Gasteiger charge is 2.51. The average Bonchev–Trinajstić information content (AvgIpc) is 3.09. The SMILES string of the molecule is NCC1(N2CCc3ccccc3C2)CCN2CCCC21. The van der Waals surface area contributed by atoms with Crippen LogP contribution in [0.3, 0.4) is 0 Å². The zero-order valence-corrected chi connectivity index (χ0v) is 12.2. The van der Waals surface area contributed by atoms with E-state index in [1.807, 2.05) is 0 Å². The highest BCUT2D eigenvalue weighted by atomic mass is 15.3. The van der Waals surface area contributed by atoms with Gasteiger partial charge in [-0.05, 0) is 43.4 Å². The number of nitrogens with zero attached hydrogens (tertiary/aromatic N) is 2. The quantitative estimate of drug-likeness (QED) is 0.887. The number of nitrogens with two attached hydrogens (primary N) is 1. The van der Waals surface area contributed by atoms with Gasteiger partial charge < -0.3 is 5.73 Å². The summed E-state index contributed by atoms with van der Waals surface area (Å²) in [6.45, 7) is 5.63. The molecule has 0 aliphatic carbocycles. The maximum Gasteiger partial charge on any atom is 0.0502 e. The van der Waals surface area contributed by atoms with Crippen LogP contribution in [0.2, 0.25) is 0 Å². The van der Waals surface area contributed by atoms with Gasteiger partial charge in [0.15, 0.2) is 0 Å². The summed E-state index contributed by atoms with van der Waals surface area (Å²) in [5, 5.41) is 0. The topological polar surface area (TPSA) is 32.5 Å². The molecule has 2 unspecified atom stereocenters. The first-order valence-corrected chi connectivity index (χ1v) is 8.09. The molecule has 3 aliphatic rings. The fourth-order valence-electron chi connectivity index (χ4n) is 4.82. The van der Waals surface area contributed by atoms with Crippen LogP contribution in [0.1, 0.15) is 30.4 Å². The van der Waals surface area contributed by atoms with Crippen molar-refractivity contribution in [3.63, 3.8) is 0 Å². The van der Waals surface area contributed by atoms with Crippen molar-refractivity contribution in [2.75, 3.05) is 26.2 Å². The second-order valence-corrected chi connectivity index (χ2v) is 6.69. The van der Waals surface area contributed by atoms with Crippen LogP contribution in [0.4, 0.5) is 0 Å². The van der Waals surface area contributed by atoms with Crippen molar-refractivity contribution >= 4 is 0 Å². The Morgan fingerprint density at radius 3 is 2.85 bits per heavy atom. The number of rotatable bonds is 2. The Morgan fingerprint density at radius 1 is 1.15 bits per heavy atom. The highest BCUT2D eigenvalue weighted by Crippen LogP contribution is 2.41. The molecule has 3 heteroatoms. The normalized spacial score (nSPS) is 34.1. The Labute approximate surface area is 121 Å². The fraction of sp³-hybridized carbons (Fsp3) is 0.647. The van der Waals surface area contributed by atoms with Gasteiger partial charge in [-0.25, -0.2) is 0 Å². The molecule has 0 spiro atoms. The van der Waals surface area contributed by atoms with Crippen LogP contribution in [0, 0.1) is 0 Å². The van der Waals surface area contributed by atoms with Gasteiger partial charge >= 0.3 is 0 Å². The highest BCUT2D eigenvalue weighted by molar-refractivity contribution is 5.30. The molecule has 0 bridgehead atoms. The van der Waals surface area contributed by atoms with Crippen LogP contribution >= 0.6 is 0 Å². The molecule has 2 saturated heterocycles. The maximum atomic E-state index is 6.31. The lowest BCUT2D eigenvalue weighted by Crippen LogP contribution is -2.60. The molecule has 1 aromatic carbocycles. The van der Waals surface area contributed by atoms with E-state index in [0.717, 1.165) is 13.1 Å². The summed E-state index contributed by atoms with van der Waals surface area (Å²) >= 11 is 0. The van der Waals surface area contributed by atoms with Gasteiger partial charge in [-0.2, -0.15) is 0 Å². The summed E-state index contributed by atoms with van der Waals surface area (Å²) in [4.78, 5) is 5.40. The van der Waals surface area contributed by atoms with Gasteiger partial charge in [0.25, 0.3) is 0 Å². The van der Waals surface area contributed by atoms with E-state index in [0.29, 0.717) is 6.04 Å². The van der Waals surface area contributed by atoms with Gasteiger partial charge in [0.05, 0.1) is 5.54 Å². The molecule has 3 heterocycles. The first-order chi connectivity index (χ1) is 9.83. The number of fused-ring (bicyclic) bond motifs is 2. The molecular weight excluding hydrogens is 246 g/mol. The standard InChI is InChI=1S/C17H25N3/c18-13-17(8-11-19-9-3-6-16(17)19)20-10-7-14-4-1-2-5-15(14)12-20/h1-2,4-5,16H,3,6-13,18H2. The molecule has 0 radical (unpaired) electrons. The van der Waals surface area contributed by atoms with Crippen molar-refractivity contribution in [3.05, 3.63) is 35.4 Å². The smallest absolute Gasteiger partial charge is 0.0502 e. The summed E-state index contributed by atoms with van der Waals surface area (Å²) in [6.07, 6.45) is 5.15. The van der Waals surface area contributed by atoms with Crippen LogP contribution in [-0.4, -0.2) is 47.6 Å². The van der Waals surface area contributed by atoms with Crippen molar-refractivity contribution in [1.82, 2.24) is 9.80 Å². The third kappa shape index (κ3) is 1.77. The van der Waals surface area contributed by atoms with Gasteiger partial charge in [0.2, 0.25) is 0 Å². The van der Waals surface area contributed by atoms with E-state index in [1.165, 1.54) is 56.4 Å². The van der Waals surface area contributed by atoms with Gasteiger partial charge in [0.1, 0.15) is 0 Å². The molecule has 0 saturated carbocycles. The first kappa shape index (κ1) is 12.8. The van der Waals surface area contributed by atoms with Gasteiger partial charge in [-0.3, -0.25) is 9.80 Å². The Bertz CT molecular complexity index is 501. The predicted octanol–water partition coefficient (Wildman–Crippen LogP) is 1.61. The summed E-state index contributed by atoms with van der Waals surface area (Å²) in [7, 11) is 0. The van der Waals surface area contributed by atoms with Crippen LogP contribution in [-0.2, 0) is 13.0 Å². The minimum Gasteiger partial charge on any atom is -0.329 e. The lowest BCUT2D eigenvalue weighted by molar-refractivity contribution is 0.0528. The molecule has 1 aromatic rings. The lowest BCUT2D eigenvalue weighted by atomic mass is 9.84. The Hall–Kier alpha value is -0.900. The Balaban J connectivity index is 1.63. The molecule has 2 fully saturated rings. The molecule has 3 aliphatic heterocycles. The predicted molar refractivity (Wildman–Crippen MR) is 81.6 cm³/mol. The van der Waals surface area contributed by atoms with Gasteiger partial charge in [-0.1, -0.05) is 24.3 Å². The van der Waals surface area contributed by atoms with E-state index in [4.69, 9.17) is 5.73 Å². The molecule has 3 nitrogen and oxygen atoms in total. The van der Waals surface area contributed by atoms with Crippen LogP contribution < -0.4 is 5.73 Å². The van der Waals surface area contributed by atoms with Crippen molar-refractivity contribution in [2.24, 2.45) is 5.73 Å². The zero-order chi connectivity index (χ0) is 13.6. The van der Waals surface area contributed by atoms with E-state index in [9.17, 15) is 0 Å². The van der Waals surface area contributed by atoms with Crippen molar-refractivity contribution in [3.8, 4) is 0 Å². The van der Waals surface area contributed by atoms with E-state index in [1.54, 1.807) is 0 Å². The molecule has 2 atom stereocenters. The van der Waals surface area contributed by atoms with Crippen molar-refractivity contribution < 1.29 is 0 Å². The largest absolute Gasteiger partial charge is 0.329 e. The summed E-state index contributed by atoms with van der Waals surface area (Å²) < 4.78 is 0. The van der Waals surface area contributed by atoms with Gasteiger partial charge in [-0.15, -0.1) is 0 Å². The van der Waals surface area contributed by atoms with Crippen molar-refractivity contribution in [2.45, 2.75) is 43.8 Å². The zero-order valence-electron chi connectivity index (χ0n) is 12.2. The van der Waals surface area contributed by atoms with E-state index >= 15 is 0 Å². The number of hydrogen-bond donors (Lipinski definition) is 1. The first-order valence-electron chi connectivity index (χ1n) is 8.09. The molecule has 0 amide bonds. The second-order valence-electron chi connectivity index (χ2n) is 6.69. The van der Waals surface area contributed by atoms with Crippen LogP contribution in [0.15, 0.2) is 24.3 Å². The van der Waals surface area contributed by atoms with E-state index in [-0.39, 0.29) is 5.54 Å². The summed E-state index contributed by atoms with van der Waals surface area (Å²) in [5.74, 6) is 0. The number of benzene rings is 1. The third-order valence-corrected chi connectivity index (χ3v) is 5.93. The molecule has 2 N–H and O–H groups in total. The Kier molecular flexibility index (Phi) is 3.09. The number of hydrogen-bond acceptors (Lipinski definition) is 3. The lowest BCUT2D eigenvalue weighted by Gasteiger charge is -2.46. The molecule has 0 aromatic heterocycles. The van der Waals surface area contributed by atoms with Crippen LogP contribution in [0.25, 0.3) is 0 Å². The second kappa shape index (κ2) is 4.83. The van der Waals surface area contributed by atoms with E-state index in [2.05, 4.69) is 34.1 Å². The maximum absolute atomic E-state index is 6.31. The monoisotopic (exact) mass is 271 g/mol. The Morgan fingerprint density at radius 2 is 2.00 bits per heavy atom.